The minimum Gasteiger partial charge on any atom is -0.494 e. The number of carbonyl (C=O) groups is 1. The average Bonchev–Trinajstić information content (AvgIpc) is 2.94. The van der Waals surface area contributed by atoms with Crippen molar-refractivity contribution in [2.45, 2.75) is 6.92 Å². The molecule has 0 saturated heterocycles. The number of anilines is 1. The molecule has 3 aromatic rings. The van der Waals surface area contributed by atoms with Crippen LogP contribution in [0.15, 0.2) is 47.3 Å². The quantitative estimate of drug-likeness (QED) is 0.647. The second kappa shape index (κ2) is 6.91. The number of amides is 1. The summed E-state index contributed by atoms with van der Waals surface area (Å²) in [7, 11) is 0. The van der Waals surface area contributed by atoms with Crippen molar-refractivity contribution in [1.82, 2.24) is 9.97 Å². The summed E-state index contributed by atoms with van der Waals surface area (Å²) in [5.74, 6) is 1.04. The summed E-state index contributed by atoms with van der Waals surface area (Å²) >= 11 is 0. The normalized spacial score (nSPS) is 10.5. The van der Waals surface area contributed by atoms with Crippen LogP contribution in [0.5, 0.6) is 11.5 Å². The van der Waals surface area contributed by atoms with Gasteiger partial charge >= 0.3 is 5.69 Å². The molecule has 0 saturated carbocycles. The van der Waals surface area contributed by atoms with Gasteiger partial charge in [0, 0.05) is 5.69 Å². The first kappa shape index (κ1) is 15.7. The van der Waals surface area contributed by atoms with Crippen molar-refractivity contribution in [2.75, 3.05) is 18.5 Å². The van der Waals surface area contributed by atoms with E-state index in [4.69, 9.17) is 9.47 Å². The van der Waals surface area contributed by atoms with E-state index in [1.54, 1.807) is 42.5 Å². The van der Waals surface area contributed by atoms with Gasteiger partial charge in [-0.1, -0.05) is 0 Å². The number of aromatic nitrogens is 2. The lowest BCUT2D eigenvalue weighted by Gasteiger charge is -2.08. The summed E-state index contributed by atoms with van der Waals surface area (Å²) in [5, 5.41) is 2.72. The molecule has 124 valence electrons. The molecular weight excluding hydrogens is 310 g/mol. The Hall–Kier alpha value is -3.22. The lowest BCUT2D eigenvalue weighted by Crippen LogP contribution is -2.20. The lowest BCUT2D eigenvalue weighted by atomic mass is 10.3. The average molecular weight is 327 g/mol. The zero-order valence-electron chi connectivity index (χ0n) is 13.1. The van der Waals surface area contributed by atoms with Crippen molar-refractivity contribution in [1.29, 1.82) is 0 Å². The van der Waals surface area contributed by atoms with E-state index in [-0.39, 0.29) is 18.2 Å². The Bertz CT molecular complexity index is 896. The number of nitrogens with one attached hydrogen (secondary N) is 3. The number of hydrogen-bond donors (Lipinski definition) is 3. The molecule has 0 radical (unpaired) electrons. The molecule has 2 aromatic carbocycles. The second-order valence-electron chi connectivity index (χ2n) is 5.08. The van der Waals surface area contributed by atoms with Gasteiger partial charge in [-0.15, -0.1) is 0 Å². The zero-order chi connectivity index (χ0) is 16.9. The van der Waals surface area contributed by atoms with Gasteiger partial charge in [-0.25, -0.2) is 4.79 Å². The largest absolute Gasteiger partial charge is 0.494 e. The van der Waals surface area contributed by atoms with Gasteiger partial charge in [0.15, 0.2) is 6.61 Å². The minimum atomic E-state index is -0.291. The Morgan fingerprint density at radius 3 is 2.38 bits per heavy atom. The van der Waals surface area contributed by atoms with E-state index in [1.165, 1.54) is 0 Å². The first-order chi connectivity index (χ1) is 11.6. The Labute approximate surface area is 137 Å². The van der Waals surface area contributed by atoms with E-state index in [0.717, 1.165) is 5.75 Å². The summed E-state index contributed by atoms with van der Waals surface area (Å²) < 4.78 is 10.8. The molecule has 1 heterocycles. The Morgan fingerprint density at radius 2 is 1.67 bits per heavy atom. The highest BCUT2D eigenvalue weighted by Gasteiger charge is 2.06. The fraction of sp³-hybridized carbons (Fsp3) is 0.176. The van der Waals surface area contributed by atoms with Crippen molar-refractivity contribution in [3.05, 3.63) is 52.9 Å². The van der Waals surface area contributed by atoms with E-state index in [1.807, 2.05) is 6.92 Å². The molecule has 0 atom stereocenters. The Balaban J connectivity index is 1.57. The molecular formula is C17H17N3O4. The van der Waals surface area contributed by atoms with Crippen molar-refractivity contribution < 1.29 is 14.3 Å². The summed E-state index contributed by atoms with van der Waals surface area (Å²) in [6.45, 7) is 2.39. The van der Waals surface area contributed by atoms with Crippen LogP contribution in [-0.2, 0) is 4.79 Å². The standard InChI is InChI=1S/C17H17N3O4/c1-2-23-12-4-6-13(7-5-12)24-10-16(21)18-11-3-8-14-15(9-11)20-17(22)19-14/h3-9H,2,10H2,1H3,(H,18,21)(H2,19,20,22). The van der Waals surface area contributed by atoms with Crippen LogP contribution in [0.3, 0.4) is 0 Å². The van der Waals surface area contributed by atoms with E-state index < -0.39 is 0 Å². The third kappa shape index (κ3) is 3.75. The molecule has 0 aliphatic carbocycles. The summed E-state index contributed by atoms with van der Waals surface area (Å²) in [5.41, 5.74) is 1.61. The van der Waals surface area contributed by atoms with Crippen LogP contribution in [-0.4, -0.2) is 29.1 Å². The molecule has 0 aliphatic rings. The van der Waals surface area contributed by atoms with E-state index in [2.05, 4.69) is 15.3 Å². The van der Waals surface area contributed by atoms with E-state index >= 15 is 0 Å². The number of rotatable bonds is 6. The highest BCUT2D eigenvalue weighted by atomic mass is 16.5. The van der Waals surface area contributed by atoms with Gasteiger partial charge in [-0.3, -0.25) is 4.79 Å². The SMILES string of the molecule is CCOc1ccc(OCC(=O)Nc2ccc3[nH]c(=O)[nH]c3c2)cc1. The predicted octanol–water partition coefficient (Wildman–Crippen LogP) is 2.27. The molecule has 24 heavy (non-hydrogen) atoms. The fourth-order valence-electron chi connectivity index (χ4n) is 2.26. The molecule has 0 spiro atoms. The maximum Gasteiger partial charge on any atom is 0.323 e. The van der Waals surface area contributed by atoms with Gasteiger partial charge in [0.2, 0.25) is 0 Å². The number of carbonyl (C=O) groups excluding carboxylic acids is 1. The van der Waals surface area contributed by atoms with Crippen LogP contribution in [0.2, 0.25) is 0 Å². The smallest absolute Gasteiger partial charge is 0.323 e. The van der Waals surface area contributed by atoms with Gasteiger partial charge in [-0.2, -0.15) is 0 Å². The monoisotopic (exact) mass is 327 g/mol. The topological polar surface area (TPSA) is 96.2 Å². The van der Waals surface area contributed by atoms with Gasteiger partial charge < -0.3 is 24.8 Å². The third-order valence-corrected chi connectivity index (χ3v) is 3.30. The maximum absolute atomic E-state index is 12.0. The molecule has 0 unspecified atom stereocenters. The number of hydrogen-bond acceptors (Lipinski definition) is 4. The van der Waals surface area contributed by atoms with Crippen LogP contribution in [0.25, 0.3) is 11.0 Å². The Kier molecular flexibility index (Phi) is 4.51. The van der Waals surface area contributed by atoms with Gasteiger partial charge in [0.05, 0.1) is 17.6 Å². The second-order valence-corrected chi connectivity index (χ2v) is 5.08. The highest BCUT2D eigenvalue weighted by molar-refractivity contribution is 5.93. The van der Waals surface area contributed by atoms with Crippen LogP contribution in [0.4, 0.5) is 5.69 Å². The molecule has 7 nitrogen and oxygen atoms in total. The fourth-order valence-corrected chi connectivity index (χ4v) is 2.26. The Morgan fingerprint density at radius 1 is 1.00 bits per heavy atom. The van der Waals surface area contributed by atoms with Gasteiger partial charge in [-0.05, 0) is 49.4 Å². The van der Waals surface area contributed by atoms with Crippen molar-refractivity contribution in [3.63, 3.8) is 0 Å². The number of imidazole rings is 1. The van der Waals surface area contributed by atoms with Crippen LogP contribution >= 0.6 is 0 Å². The molecule has 0 fully saturated rings. The number of aromatic amines is 2. The number of benzene rings is 2. The first-order valence-electron chi connectivity index (χ1n) is 7.51. The van der Waals surface area contributed by atoms with Gasteiger partial charge in [0.25, 0.3) is 5.91 Å². The van der Waals surface area contributed by atoms with Crippen LogP contribution in [0, 0.1) is 0 Å². The molecule has 3 rings (SSSR count). The molecule has 0 bridgehead atoms. The summed E-state index contributed by atoms with van der Waals surface area (Å²) in [6.07, 6.45) is 0. The van der Waals surface area contributed by atoms with Crippen LogP contribution < -0.4 is 20.5 Å². The first-order valence-corrected chi connectivity index (χ1v) is 7.51. The molecule has 0 aliphatic heterocycles. The van der Waals surface area contributed by atoms with E-state index in [0.29, 0.717) is 29.1 Å². The zero-order valence-corrected chi connectivity index (χ0v) is 13.1. The highest BCUT2D eigenvalue weighted by Crippen LogP contribution is 2.18. The van der Waals surface area contributed by atoms with Crippen LogP contribution in [0.1, 0.15) is 6.92 Å². The van der Waals surface area contributed by atoms with Gasteiger partial charge in [0.1, 0.15) is 11.5 Å². The van der Waals surface area contributed by atoms with Crippen molar-refractivity contribution in [3.8, 4) is 11.5 Å². The molecule has 7 heteroatoms. The lowest BCUT2D eigenvalue weighted by molar-refractivity contribution is -0.118. The summed E-state index contributed by atoms with van der Waals surface area (Å²) in [6, 6.07) is 12.2. The minimum absolute atomic E-state index is 0.115. The van der Waals surface area contributed by atoms with E-state index in [9.17, 15) is 9.59 Å². The molecule has 1 amide bonds. The van der Waals surface area contributed by atoms with Crippen molar-refractivity contribution in [2.24, 2.45) is 0 Å². The number of fused-ring (bicyclic) bond motifs is 1. The summed E-state index contributed by atoms with van der Waals surface area (Å²) in [4.78, 5) is 28.5. The third-order valence-electron chi connectivity index (χ3n) is 3.30. The van der Waals surface area contributed by atoms with Crippen molar-refractivity contribution >= 4 is 22.6 Å². The predicted molar refractivity (Wildman–Crippen MR) is 90.7 cm³/mol. The molecule has 1 aromatic heterocycles. The number of H-pyrrole nitrogens is 2. The maximum atomic E-state index is 12.0. The number of ether oxygens (including phenoxy) is 2. The molecule has 3 N–H and O–H groups in total.